The van der Waals surface area contributed by atoms with Crippen LogP contribution in [-0.2, 0) is 26.2 Å². The summed E-state index contributed by atoms with van der Waals surface area (Å²) >= 11 is 12.3. The third kappa shape index (κ3) is 8.75. The Bertz CT molecular complexity index is 1270. The summed E-state index contributed by atoms with van der Waals surface area (Å²) in [6.07, 6.45) is 5.91. The normalized spacial score (nSPS) is 14.5. The first-order chi connectivity index (χ1) is 19.0. The number of ether oxygens (including phenoxy) is 1. The van der Waals surface area contributed by atoms with Crippen LogP contribution in [-0.4, -0.2) is 56.6 Å². The van der Waals surface area contributed by atoms with E-state index in [4.69, 9.17) is 27.9 Å². The Labute approximate surface area is 248 Å². The predicted molar refractivity (Wildman–Crippen MR) is 161 cm³/mol. The van der Waals surface area contributed by atoms with Gasteiger partial charge in [0.05, 0.1) is 28.6 Å². The quantitative estimate of drug-likeness (QED) is 0.291. The second-order valence-corrected chi connectivity index (χ2v) is 12.7. The van der Waals surface area contributed by atoms with E-state index in [1.807, 2.05) is 13.8 Å². The first-order valence-electron chi connectivity index (χ1n) is 13.8. The molecule has 8 nitrogen and oxygen atoms in total. The Kier molecular flexibility index (Phi) is 12.0. The number of para-hydroxylation sites is 2. The van der Waals surface area contributed by atoms with E-state index in [0.717, 1.165) is 37.5 Å². The number of carbonyl (C=O) groups is 2. The van der Waals surface area contributed by atoms with Crippen LogP contribution >= 0.6 is 23.2 Å². The van der Waals surface area contributed by atoms with Gasteiger partial charge in [-0.15, -0.1) is 0 Å². The molecule has 1 aliphatic rings. The van der Waals surface area contributed by atoms with Crippen molar-refractivity contribution in [2.24, 2.45) is 0 Å². The summed E-state index contributed by atoms with van der Waals surface area (Å²) in [6.45, 7) is 4.35. The van der Waals surface area contributed by atoms with E-state index in [-0.39, 0.29) is 43.8 Å². The fourth-order valence-corrected chi connectivity index (χ4v) is 6.33. The molecule has 0 aliphatic heterocycles. The molecule has 0 radical (unpaired) electrons. The molecular formula is C29H39Cl2N3O5S. The van der Waals surface area contributed by atoms with Crippen molar-refractivity contribution < 1.29 is 22.7 Å². The molecule has 0 saturated heterocycles. The first kappa shape index (κ1) is 32.0. The third-order valence-electron chi connectivity index (χ3n) is 7.01. The van der Waals surface area contributed by atoms with Crippen molar-refractivity contribution in [2.75, 3.05) is 23.7 Å². The Morgan fingerprint density at radius 2 is 1.77 bits per heavy atom. The highest BCUT2D eigenvalue weighted by Gasteiger charge is 2.31. The number of anilines is 1. The zero-order valence-corrected chi connectivity index (χ0v) is 25.7. The molecule has 2 amide bonds. The van der Waals surface area contributed by atoms with Crippen LogP contribution in [0.4, 0.5) is 5.69 Å². The van der Waals surface area contributed by atoms with E-state index in [1.54, 1.807) is 47.4 Å². The van der Waals surface area contributed by atoms with Crippen LogP contribution in [0, 0.1) is 0 Å². The van der Waals surface area contributed by atoms with E-state index in [2.05, 4.69) is 5.32 Å². The summed E-state index contributed by atoms with van der Waals surface area (Å²) in [6, 6.07) is 11.5. The largest absolute Gasteiger partial charge is 0.492 e. The SMILES string of the molecule is CCOc1ccccc1N(CCCC(=O)N(Cc1ccc(Cl)c(Cl)c1)[C@H](CC)C(=O)NC1CCCC1)S(C)(=O)=O. The molecule has 0 aromatic heterocycles. The molecule has 2 aromatic carbocycles. The maximum absolute atomic E-state index is 13.7. The Morgan fingerprint density at radius 1 is 1.07 bits per heavy atom. The zero-order valence-electron chi connectivity index (χ0n) is 23.4. The lowest BCUT2D eigenvalue weighted by Gasteiger charge is -2.32. The minimum atomic E-state index is -3.65. The molecule has 1 N–H and O–H groups in total. The lowest BCUT2D eigenvalue weighted by molar-refractivity contribution is -0.141. The topological polar surface area (TPSA) is 96.0 Å². The molecule has 11 heteroatoms. The van der Waals surface area contributed by atoms with Gasteiger partial charge in [0.15, 0.2) is 0 Å². The summed E-state index contributed by atoms with van der Waals surface area (Å²) in [4.78, 5) is 28.6. The maximum atomic E-state index is 13.7. The summed E-state index contributed by atoms with van der Waals surface area (Å²) in [5, 5.41) is 3.90. The summed E-state index contributed by atoms with van der Waals surface area (Å²) < 4.78 is 32.3. The van der Waals surface area contributed by atoms with Gasteiger partial charge in [0.1, 0.15) is 11.8 Å². The van der Waals surface area contributed by atoms with Crippen LogP contribution in [0.2, 0.25) is 10.0 Å². The monoisotopic (exact) mass is 611 g/mol. The van der Waals surface area contributed by atoms with E-state index in [1.165, 1.54) is 4.31 Å². The first-order valence-corrected chi connectivity index (χ1v) is 16.4. The number of hydrogen-bond donors (Lipinski definition) is 1. The number of amides is 2. The second kappa shape index (κ2) is 14.9. The average Bonchev–Trinajstić information content (AvgIpc) is 3.41. The van der Waals surface area contributed by atoms with Crippen molar-refractivity contribution in [1.29, 1.82) is 0 Å². The third-order valence-corrected chi connectivity index (χ3v) is 8.93. The smallest absolute Gasteiger partial charge is 0.243 e. The minimum Gasteiger partial charge on any atom is -0.492 e. The van der Waals surface area contributed by atoms with Crippen molar-refractivity contribution in [3.05, 3.63) is 58.1 Å². The molecule has 1 atom stereocenters. The van der Waals surface area contributed by atoms with Gasteiger partial charge in [-0.1, -0.05) is 61.2 Å². The number of hydrogen-bond acceptors (Lipinski definition) is 5. The van der Waals surface area contributed by atoms with Gasteiger partial charge in [0.2, 0.25) is 21.8 Å². The van der Waals surface area contributed by atoms with Crippen LogP contribution in [0.25, 0.3) is 0 Å². The second-order valence-electron chi connectivity index (χ2n) is 10.0. The van der Waals surface area contributed by atoms with Crippen LogP contribution in [0.3, 0.4) is 0 Å². The molecule has 3 rings (SSSR count). The highest BCUT2D eigenvalue weighted by molar-refractivity contribution is 7.92. The molecular weight excluding hydrogens is 573 g/mol. The van der Waals surface area contributed by atoms with E-state index >= 15 is 0 Å². The molecule has 0 heterocycles. The number of nitrogens with zero attached hydrogens (tertiary/aromatic N) is 2. The maximum Gasteiger partial charge on any atom is 0.243 e. The van der Waals surface area contributed by atoms with Crippen LogP contribution in [0.5, 0.6) is 5.75 Å². The van der Waals surface area contributed by atoms with Gasteiger partial charge in [0, 0.05) is 25.6 Å². The summed E-state index contributed by atoms with van der Waals surface area (Å²) in [5.74, 6) is 0.0369. The number of rotatable bonds is 14. The van der Waals surface area contributed by atoms with Crippen molar-refractivity contribution in [3.8, 4) is 5.75 Å². The number of benzene rings is 2. The number of sulfonamides is 1. The fraction of sp³-hybridized carbons (Fsp3) is 0.517. The molecule has 1 saturated carbocycles. The molecule has 1 fully saturated rings. The average molecular weight is 613 g/mol. The van der Waals surface area contributed by atoms with Gasteiger partial charge in [-0.2, -0.15) is 0 Å². The molecule has 220 valence electrons. The van der Waals surface area contributed by atoms with Gasteiger partial charge in [-0.25, -0.2) is 8.42 Å². The molecule has 2 aromatic rings. The molecule has 1 aliphatic carbocycles. The number of nitrogens with one attached hydrogen (secondary N) is 1. The van der Waals surface area contributed by atoms with Gasteiger partial charge < -0.3 is 15.0 Å². The number of halogens is 2. The van der Waals surface area contributed by atoms with Crippen molar-refractivity contribution in [2.45, 2.75) is 77.4 Å². The molecule has 40 heavy (non-hydrogen) atoms. The highest BCUT2D eigenvalue weighted by Crippen LogP contribution is 2.30. The Morgan fingerprint density at radius 3 is 2.40 bits per heavy atom. The van der Waals surface area contributed by atoms with E-state index in [0.29, 0.717) is 34.5 Å². The molecule has 0 unspecified atom stereocenters. The van der Waals surface area contributed by atoms with Gasteiger partial charge in [-0.3, -0.25) is 13.9 Å². The standard InChI is InChI=1S/C29H39Cl2N3O5S/c1-4-25(29(36)32-22-11-6-7-12-22)33(20-21-16-17-23(30)24(31)19-21)28(35)15-10-18-34(40(3,37)38)26-13-8-9-14-27(26)39-5-2/h8-9,13-14,16-17,19,22,25H,4-7,10-12,15,18,20H2,1-3H3,(H,32,36)/t25-/m1/s1. The lowest BCUT2D eigenvalue weighted by atomic mass is 10.1. The fourth-order valence-electron chi connectivity index (χ4n) is 5.04. The zero-order chi connectivity index (χ0) is 29.3. The van der Waals surface area contributed by atoms with Gasteiger partial charge in [-0.05, 0) is 62.4 Å². The minimum absolute atomic E-state index is 0.0529. The van der Waals surface area contributed by atoms with Crippen molar-refractivity contribution in [1.82, 2.24) is 10.2 Å². The van der Waals surface area contributed by atoms with Crippen LogP contribution in [0.1, 0.15) is 64.4 Å². The summed E-state index contributed by atoms with van der Waals surface area (Å²) in [5.41, 5.74) is 1.17. The summed E-state index contributed by atoms with van der Waals surface area (Å²) in [7, 11) is -3.65. The predicted octanol–water partition coefficient (Wildman–Crippen LogP) is 5.80. The van der Waals surface area contributed by atoms with Crippen molar-refractivity contribution >= 4 is 50.7 Å². The lowest BCUT2D eigenvalue weighted by Crippen LogP contribution is -2.51. The Balaban J connectivity index is 1.80. The van der Waals surface area contributed by atoms with Crippen molar-refractivity contribution in [3.63, 3.8) is 0 Å². The molecule has 0 bridgehead atoms. The van der Waals surface area contributed by atoms with E-state index in [9.17, 15) is 18.0 Å². The highest BCUT2D eigenvalue weighted by atomic mass is 35.5. The van der Waals surface area contributed by atoms with Crippen LogP contribution in [0.15, 0.2) is 42.5 Å². The van der Waals surface area contributed by atoms with E-state index < -0.39 is 16.1 Å². The number of carbonyl (C=O) groups excluding carboxylic acids is 2. The molecule has 0 spiro atoms. The van der Waals surface area contributed by atoms with Crippen LogP contribution < -0.4 is 14.4 Å². The van der Waals surface area contributed by atoms with Gasteiger partial charge >= 0.3 is 0 Å². The van der Waals surface area contributed by atoms with Gasteiger partial charge in [0.25, 0.3) is 0 Å². The Hall–Kier alpha value is -2.49.